The molecule has 1 amide bonds. The third-order valence-electron chi connectivity index (χ3n) is 3.07. The van der Waals surface area contributed by atoms with Gasteiger partial charge in [0.1, 0.15) is 0 Å². The lowest BCUT2D eigenvalue weighted by Gasteiger charge is -2.19. The number of rotatable bonds is 8. The largest absolute Gasteiger partial charge is 0.348 e. The van der Waals surface area contributed by atoms with Gasteiger partial charge >= 0.3 is 0 Å². The molecule has 2 heterocycles. The van der Waals surface area contributed by atoms with Crippen molar-refractivity contribution in [2.24, 2.45) is 13.0 Å². The van der Waals surface area contributed by atoms with Crippen molar-refractivity contribution in [1.29, 1.82) is 0 Å². The van der Waals surface area contributed by atoms with Crippen molar-refractivity contribution >= 4 is 29.0 Å². The minimum atomic E-state index is 0.0710. The predicted octanol–water partition coefficient (Wildman–Crippen LogP) is 2.66. The molecule has 0 aliphatic heterocycles. The number of hydrogen-bond donors (Lipinski definition) is 1. The van der Waals surface area contributed by atoms with Crippen molar-refractivity contribution < 1.29 is 4.79 Å². The van der Waals surface area contributed by atoms with Crippen LogP contribution < -0.4 is 5.32 Å². The molecule has 0 fully saturated rings. The Morgan fingerprint density at radius 2 is 2.32 bits per heavy atom. The maximum Gasteiger partial charge on any atom is 0.221 e. The van der Waals surface area contributed by atoms with Crippen LogP contribution in [0.4, 0.5) is 0 Å². The minimum absolute atomic E-state index is 0.0710. The van der Waals surface area contributed by atoms with Gasteiger partial charge in [-0.3, -0.25) is 4.79 Å². The van der Waals surface area contributed by atoms with Gasteiger partial charge < -0.3 is 5.32 Å². The number of aromatic nitrogens is 4. The zero-order chi connectivity index (χ0) is 15.9. The topological polar surface area (TPSA) is 72.7 Å². The molecule has 8 heteroatoms. The lowest BCUT2D eigenvalue weighted by atomic mass is 10.0. The summed E-state index contributed by atoms with van der Waals surface area (Å²) in [5, 5.41) is 17.1. The number of nitrogens with one attached hydrogen (secondary N) is 1. The average Bonchev–Trinajstić information content (AvgIpc) is 3.10. The molecule has 0 bridgehead atoms. The summed E-state index contributed by atoms with van der Waals surface area (Å²) in [4.78, 5) is 13.4. The first kappa shape index (κ1) is 17.0. The van der Waals surface area contributed by atoms with E-state index in [9.17, 15) is 4.79 Å². The molecule has 0 unspecified atom stereocenters. The van der Waals surface area contributed by atoms with E-state index in [1.54, 1.807) is 23.1 Å². The number of thiophene rings is 1. The summed E-state index contributed by atoms with van der Waals surface area (Å²) >= 11 is 3.18. The summed E-state index contributed by atoms with van der Waals surface area (Å²) in [6.45, 7) is 4.34. The minimum Gasteiger partial charge on any atom is -0.348 e. The fraction of sp³-hybridized carbons (Fsp3) is 0.571. The smallest absolute Gasteiger partial charge is 0.221 e. The Kier molecular flexibility index (Phi) is 6.38. The summed E-state index contributed by atoms with van der Waals surface area (Å²) in [6.07, 6.45) is 1.41. The molecule has 0 aliphatic rings. The van der Waals surface area contributed by atoms with Crippen LogP contribution >= 0.6 is 23.1 Å². The van der Waals surface area contributed by atoms with E-state index in [4.69, 9.17) is 0 Å². The van der Waals surface area contributed by atoms with Gasteiger partial charge in [-0.25, -0.2) is 4.68 Å². The molecule has 1 atom stereocenters. The molecular formula is C14H21N5OS2. The number of tetrazole rings is 1. The highest BCUT2D eigenvalue weighted by Crippen LogP contribution is 2.25. The number of nitrogens with zero attached hydrogens (tertiary/aromatic N) is 4. The van der Waals surface area contributed by atoms with Gasteiger partial charge in [-0.1, -0.05) is 31.7 Å². The van der Waals surface area contributed by atoms with Crippen LogP contribution in [0.2, 0.25) is 0 Å². The molecule has 120 valence electrons. The van der Waals surface area contributed by atoms with Crippen molar-refractivity contribution in [3.63, 3.8) is 0 Å². The van der Waals surface area contributed by atoms with Crippen molar-refractivity contribution in [3.8, 4) is 0 Å². The third-order valence-corrected chi connectivity index (χ3v) is 5.07. The Bertz CT molecular complexity index is 582. The molecule has 0 radical (unpaired) electrons. The summed E-state index contributed by atoms with van der Waals surface area (Å²) in [5.41, 5.74) is 0. The molecule has 2 aromatic heterocycles. The summed E-state index contributed by atoms with van der Waals surface area (Å²) in [7, 11) is 1.79. The van der Waals surface area contributed by atoms with Crippen molar-refractivity contribution in [2.45, 2.75) is 37.9 Å². The van der Waals surface area contributed by atoms with Crippen LogP contribution in [0.15, 0.2) is 22.7 Å². The Morgan fingerprint density at radius 3 is 2.91 bits per heavy atom. The van der Waals surface area contributed by atoms with Gasteiger partial charge in [-0.2, -0.15) is 0 Å². The van der Waals surface area contributed by atoms with Crippen molar-refractivity contribution in [1.82, 2.24) is 25.5 Å². The monoisotopic (exact) mass is 339 g/mol. The lowest BCUT2D eigenvalue weighted by molar-refractivity contribution is -0.121. The van der Waals surface area contributed by atoms with Gasteiger partial charge in [0.2, 0.25) is 11.1 Å². The summed E-state index contributed by atoms with van der Waals surface area (Å²) in [6, 6.07) is 4.21. The second-order valence-corrected chi connectivity index (χ2v) is 7.49. The first-order valence-corrected chi connectivity index (χ1v) is 9.10. The van der Waals surface area contributed by atoms with Crippen LogP contribution in [0.5, 0.6) is 0 Å². The Hall–Kier alpha value is -1.41. The number of amides is 1. The Labute approximate surface area is 138 Å². The van der Waals surface area contributed by atoms with E-state index in [2.05, 4.69) is 40.8 Å². The SMILES string of the molecule is CC(C)C[C@H](NC(=O)CCSc1nnnn1C)c1cccs1. The zero-order valence-corrected chi connectivity index (χ0v) is 14.7. The Balaban J connectivity index is 1.82. The Morgan fingerprint density at radius 1 is 1.50 bits per heavy atom. The lowest BCUT2D eigenvalue weighted by Crippen LogP contribution is -2.29. The average molecular weight is 339 g/mol. The fourth-order valence-corrected chi connectivity index (χ4v) is 3.63. The second-order valence-electron chi connectivity index (χ2n) is 5.45. The highest BCUT2D eigenvalue weighted by Gasteiger charge is 2.17. The van der Waals surface area contributed by atoms with Crippen LogP contribution in [0, 0.1) is 5.92 Å². The van der Waals surface area contributed by atoms with E-state index in [0.29, 0.717) is 18.1 Å². The zero-order valence-electron chi connectivity index (χ0n) is 13.0. The van der Waals surface area contributed by atoms with Crippen LogP contribution in [0.1, 0.15) is 37.6 Å². The number of aryl methyl sites for hydroxylation is 1. The summed E-state index contributed by atoms with van der Waals surface area (Å²) in [5.74, 6) is 1.27. The first-order valence-electron chi connectivity index (χ1n) is 7.24. The standard InChI is InChI=1S/C14H21N5OS2/c1-10(2)9-11(12-5-4-7-21-12)15-13(20)6-8-22-14-16-17-18-19(14)3/h4-5,7,10-11H,6,8-9H2,1-3H3,(H,15,20)/t11-/m0/s1. The predicted molar refractivity (Wildman–Crippen MR) is 88.8 cm³/mol. The van der Waals surface area contributed by atoms with E-state index < -0.39 is 0 Å². The highest BCUT2D eigenvalue weighted by molar-refractivity contribution is 7.99. The van der Waals surface area contributed by atoms with Crippen LogP contribution in [-0.2, 0) is 11.8 Å². The number of hydrogen-bond acceptors (Lipinski definition) is 6. The number of thioether (sulfide) groups is 1. The molecule has 0 aliphatic carbocycles. The van der Waals surface area contributed by atoms with Crippen molar-refractivity contribution in [2.75, 3.05) is 5.75 Å². The summed E-state index contributed by atoms with van der Waals surface area (Å²) < 4.78 is 1.61. The molecule has 22 heavy (non-hydrogen) atoms. The fourth-order valence-electron chi connectivity index (χ4n) is 2.05. The maximum atomic E-state index is 12.2. The highest BCUT2D eigenvalue weighted by atomic mass is 32.2. The molecule has 2 aromatic rings. The molecule has 2 rings (SSSR count). The van der Waals surface area contributed by atoms with E-state index in [1.165, 1.54) is 16.6 Å². The molecule has 0 aromatic carbocycles. The third kappa shape index (κ3) is 5.10. The second kappa shape index (κ2) is 8.28. The molecular weight excluding hydrogens is 318 g/mol. The van der Waals surface area contributed by atoms with E-state index in [0.717, 1.165) is 11.6 Å². The van der Waals surface area contributed by atoms with E-state index >= 15 is 0 Å². The van der Waals surface area contributed by atoms with E-state index in [-0.39, 0.29) is 11.9 Å². The molecule has 0 saturated carbocycles. The first-order chi connectivity index (χ1) is 10.6. The number of carbonyl (C=O) groups excluding carboxylic acids is 1. The quantitative estimate of drug-likeness (QED) is 0.749. The van der Waals surface area contributed by atoms with Gasteiger partial charge in [0, 0.05) is 24.1 Å². The van der Waals surface area contributed by atoms with Crippen LogP contribution in [-0.4, -0.2) is 31.9 Å². The van der Waals surface area contributed by atoms with Crippen LogP contribution in [0.25, 0.3) is 0 Å². The molecule has 6 nitrogen and oxygen atoms in total. The molecule has 0 spiro atoms. The van der Waals surface area contributed by atoms with Gasteiger partial charge in [0.15, 0.2) is 0 Å². The number of carbonyl (C=O) groups is 1. The molecule has 0 saturated heterocycles. The van der Waals surface area contributed by atoms with Gasteiger partial charge in [0.25, 0.3) is 0 Å². The van der Waals surface area contributed by atoms with Gasteiger partial charge in [-0.15, -0.1) is 16.4 Å². The van der Waals surface area contributed by atoms with E-state index in [1.807, 2.05) is 11.4 Å². The van der Waals surface area contributed by atoms with Gasteiger partial charge in [0.05, 0.1) is 6.04 Å². The molecule has 1 N–H and O–H groups in total. The van der Waals surface area contributed by atoms with Crippen molar-refractivity contribution in [3.05, 3.63) is 22.4 Å². The normalized spacial score (nSPS) is 12.5. The van der Waals surface area contributed by atoms with Gasteiger partial charge in [-0.05, 0) is 34.2 Å². The maximum absolute atomic E-state index is 12.2. The van der Waals surface area contributed by atoms with Crippen LogP contribution in [0.3, 0.4) is 0 Å².